The van der Waals surface area contributed by atoms with Crippen LogP contribution < -0.4 is 15.2 Å². The van der Waals surface area contributed by atoms with Gasteiger partial charge in [-0.05, 0) is 19.2 Å². The average Bonchev–Trinajstić information content (AvgIpc) is 2.84. The number of ether oxygens (including phenoxy) is 2. The molecule has 0 atom stereocenters. The summed E-state index contributed by atoms with van der Waals surface area (Å²) < 4.78 is 17.6. The normalized spacial score (nSPS) is 15.8. The van der Waals surface area contributed by atoms with Crippen molar-refractivity contribution < 1.29 is 14.0 Å². The lowest BCUT2D eigenvalue weighted by molar-refractivity contribution is 0.0373. The highest BCUT2D eigenvalue weighted by Gasteiger charge is 2.28. The fourth-order valence-electron chi connectivity index (χ4n) is 2.32. The van der Waals surface area contributed by atoms with Crippen molar-refractivity contribution in [2.45, 2.75) is 6.10 Å². The third-order valence-electron chi connectivity index (χ3n) is 3.35. The molecule has 0 bridgehead atoms. The molecule has 0 spiro atoms. The molecule has 2 heterocycles. The summed E-state index contributed by atoms with van der Waals surface area (Å²) in [6.07, 6.45) is 0.143. The summed E-state index contributed by atoms with van der Waals surface area (Å²) in [4.78, 5) is 2.18. The van der Waals surface area contributed by atoms with Gasteiger partial charge in [-0.25, -0.2) is 0 Å². The Balaban J connectivity index is 2.01. The van der Waals surface area contributed by atoms with E-state index in [-0.39, 0.29) is 6.10 Å². The number of nitrogens with zero attached hydrogens (tertiary/aromatic N) is 2. The molecule has 6 nitrogen and oxygen atoms in total. The summed E-state index contributed by atoms with van der Waals surface area (Å²) in [5.74, 6) is 2.17. The number of nitrogen functional groups attached to an aromatic ring is 1. The predicted molar refractivity (Wildman–Crippen MR) is 82.5 cm³/mol. The minimum absolute atomic E-state index is 0.143. The SMILES string of the molecule is COc1cc(Br)cc(-c2cc(N)no2)c1OC1CN(C)C1. The van der Waals surface area contributed by atoms with Crippen LogP contribution in [0.1, 0.15) is 0 Å². The van der Waals surface area contributed by atoms with Crippen molar-refractivity contribution in [3.63, 3.8) is 0 Å². The van der Waals surface area contributed by atoms with Gasteiger partial charge in [-0.3, -0.25) is 4.90 Å². The molecule has 0 unspecified atom stereocenters. The second-order valence-electron chi connectivity index (χ2n) is 5.06. The third kappa shape index (κ3) is 2.84. The van der Waals surface area contributed by atoms with Gasteiger partial charge in [0.25, 0.3) is 0 Å². The van der Waals surface area contributed by atoms with Gasteiger partial charge in [0.1, 0.15) is 6.10 Å². The van der Waals surface area contributed by atoms with Gasteiger partial charge >= 0.3 is 0 Å². The highest BCUT2D eigenvalue weighted by Crippen LogP contribution is 2.42. The third-order valence-corrected chi connectivity index (χ3v) is 3.81. The number of nitrogens with two attached hydrogens (primary N) is 1. The number of methoxy groups -OCH3 is 1. The first-order valence-electron chi connectivity index (χ1n) is 6.52. The number of likely N-dealkylation sites (N-methyl/N-ethyl adjacent to an activating group) is 1. The lowest BCUT2D eigenvalue weighted by atomic mass is 10.1. The van der Waals surface area contributed by atoms with Crippen LogP contribution in [0.4, 0.5) is 5.82 Å². The maximum Gasteiger partial charge on any atom is 0.172 e. The molecular formula is C14H16BrN3O3. The molecule has 1 aromatic heterocycles. The Bertz CT molecular complexity index is 653. The Morgan fingerprint density at radius 1 is 1.38 bits per heavy atom. The monoisotopic (exact) mass is 353 g/mol. The predicted octanol–water partition coefficient (Wildman–Crippen LogP) is 2.39. The van der Waals surface area contributed by atoms with Crippen LogP contribution >= 0.6 is 15.9 Å². The molecule has 0 amide bonds. The molecule has 2 aromatic rings. The van der Waals surface area contributed by atoms with Crippen LogP contribution in [-0.4, -0.2) is 43.4 Å². The molecule has 1 saturated heterocycles. The van der Waals surface area contributed by atoms with Crippen LogP contribution in [0, 0.1) is 0 Å². The minimum atomic E-state index is 0.143. The van der Waals surface area contributed by atoms with Gasteiger partial charge in [0.15, 0.2) is 23.1 Å². The van der Waals surface area contributed by atoms with Gasteiger partial charge in [0.05, 0.1) is 12.7 Å². The molecule has 1 aliphatic heterocycles. The Morgan fingerprint density at radius 3 is 2.71 bits per heavy atom. The van der Waals surface area contributed by atoms with Crippen molar-refractivity contribution in [2.75, 3.05) is 33.0 Å². The quantitative estimate of drug-likeness (QED) is 0.909. The summed E-state index contributed by atoms with van der Waals surface area (Å²) in [7, 11) is 3.66. The van der Waals surface area contributed by atoms with Crippen LogP contribution in [0.15, 0.2) is 27.2 Å². The Kier molecular flexibility index (Phi) is 3.77. The molecule has 112 valence electrons. The number of hydrogen-bond acceptors (Lipinski definition) is 6. The summed E-state index contributed by atoms with van der Waals surface area (Å²) in [6.45, 7) is 1.77. The van der Waals surface area contributed by atoms with E-state index < -0.39 is 0 Å². The molecule has 2 N–H and O–H groups in total. The van der Waals surface area contributed by atoms with E-state index in [0.717, 1.165) is 23.1 Å². The number of halogens is 1. The van der Waals surface area contributed by atoms with Crippen molar-refractivity contribution in [1.82, 2.24) is 10.1 Å². The summed E-state index contributed by atoms with van der Waals surface area (Å²) >= 11 is 3.46. The van der Waals surface area contributed by atoms with Crippen molar-refractivity contribution in [3.8, 4) is 22.8 Å². The van der Waals surface area contributed by atoms with E-state index in [0.29, 0.717) is 23.1 Å². The second kappa shape index (κ2) is 5.57. The van der Waals surface area contributed by atoms with Crippen LogP contribution in [0.25, 0.3) is 11.3 Å². The standard InChI is InChI=1S/C14H16BrN3O3/c1-18-6-9(7-18)20-14-10(11-5-13(16)17-21-11)3-8(15)4-12(14)19-2/h3-5,9H,6-7H2,1-2H3,(H2,16,17). The van der Waals surface area contributed by atoms with Crippen molar-refractivity contribution in [3.05, 3.63) is 22.7 Å². The highest BCUT2D eigenvalue weighted by molar-refractivity contribution is 9.10. The molecule has 21 heavy (non-hydrogen) atoms. The van der Waals surface area contributed by atoms with E-state index in [1.165, 1.54) is 0 Å². The molecular weight excluding hydrogens is 338 g/mol. The van der Waals surface area contributed by atoms with E-state index in [2.05, 4.69) is 33.0 Å². The first-order chi connectivity index (χ1) is 10.1. The van der Waals surface area contributed by atoms with Crippen molar-refractivity contribution in [2.24, 2.45) is 0 Å². The van der Waals surface area contributed by atoms with Crippen molar-refractivity contribution in [1.29, 1.82) is 0 Å². The number of benzene rings is 1. The zero-order valence-electron chi connectivity index (χ0n) is 11.8. The van der Waals surface area contributed by atoms with Gasteiger partial charge < -0.3 is 19.7 Å². The lowest BCUT2D eigenvalue weighted by Crippen LogP contribution is -2.51. The number of rotatable bonds is 4. The van der Waals surface area contributed by atoms with Gasteiger partial charge in [-0.15, -0.1) is 0 Å². The Labute approximate surface area is 130 Å². The maximum absolute atomic E-state index is 6.08. The van der Waals surface area contributed by atoms with Gasteiger partial charge in [-0.1, -0.05) is 21.1 Å². The first kappa shape index (κ1) is 14.2. The summed E-state index contributed by atoms with van der Waals surface area (Å²) in [5.41, 5.74) is 6.40. The second-order valence-corrected chi connectivity index (χ2v) is 5.98. The molecule has 1 aromatic carbocycles. The first-order valence-corrected chi connectivity index (χ1v) is 7.31. The summed E-state index contributed by atoms with van der Waals surface area (Å²) in [5, 5.41) is 3.73. The smallest absolute Gasteiger partial charge is 0.172 e. The van der Waals surface area contributed by atoms with Crippen LogP contribution in [0.3, 0.4) is 0 Å². The van der Waals surface area contributed by atoms with E-state index in [4.69, 9.17) is 19.7 Å². The molecule has 1 fully saturated rings. The number of aromatic nitrogens is 1. The van der Waals surface area contributed by atoms with E-state index >= 15 is 0 Å². The van der Waals surface area contributed by atoms with Crippen molar-refractivity contribution >= 4 is 21.7 Å². The van der Waals surface area contributed by atoms with Crippen LogP contribution in [-0.2, 0) is 0 Å². The van der Waals surface area contributed by atoms with Gasteiger partial charge in [0, 0.05) is 23.6 Å². The van der Waals surface area contributed by atoms with Crippen LogP contribution in [0.2, 0.25) is 0 Å². The molecule has 3 rings (SSSR count). The van der Waals surface area contributed by atoms with Gasteiger partial charge in [-0.2, -0.15) is 0 Å². The molecule has 0 saturated carbocycles. The highest BCUT2D eigenvalue weighted by atomic mass is 79.9. The Morgan fingerprint density at radius 2 is 2.14 bits per heavy atom. The number of anilines is 1. The minimum Gasteiger partial charge on any atom is -0.493 e. The van der Waals surface area contributed by atoms with Gasteiger partial charge in [0.2, 0.25) is 0 Å². The lowest BCUT2D eigenvalue weighted by Gasteiger charge is -2.36. The molecule has 0 aliphatic carbocycles. The average molecular weight is 354 g/mol. The number of hydrogen-bond donors (Lipinski definition) is 1. The fourth-order valence-corrected chi connectivity index (χ4v) is 2.76. The topological polar surface area (TPSA) is 73.8 Å². The molecule has 7 heteroatoms. The zero-order chi connectivity index (χ0) is 15.0. The van der Waals surface area contributed by atoms with E-state index in [9.17, 15) is 0 Å². The Hall–Kier alpha value is -1.73. The molecule has 0 radical (unpaired) electrons. The van der Waals surface area contributed by atoms with E-state index in [1.807, 2.05) is 12.1 Å². The summed E-state index contributed by atoms with van der Waals surface area (Å²) in [6, 6.07) is 5.43. The zero-order valence-corrected chi connectivity index (χ0v) is 13.4. The fraction of sp³-hybridized carbons (Fsp3) is 0.357. The van der Waals surface area contributed by atoms with Crippen LogP contribution in [0.5, 0.6) is 11.5 Å². The van der Waals surface area contributed by atoms with E-state index in [1.54, 1.807) is 13.2 Å². The largest absolute Gasteiger partial charge is 0.493 e. The number of likely N-dealkylation sites (tertiary alicyclic amines) is 1. The molecule has 1 aliphatic rings. The maximum atomic E-state index is 6.08.